The summed E-state index contributed by atoms with van der Waals surface area (Å²) in [6.07, 6.45) is 0.421. The summed E-state index contributed by atoms with van der Waals surface area (Å²) in [7, 11) is 0. The lowest BCUT2D eigenvalue weighted by molar-refractivity contribution is -0.117. The van der Waals surface area contributed by atoms with E-state index in [0.717, 1.165) is 4.47 Å². The van der Waals surface area contributed by atoms with Gasteiger partial charge in [-0.1, -0.05) is 36.7 Å². The summed E-state index contributed by atoms with van der Waals surface area (Å²) >= 11 is 3.32. The molecule has 0 unspecified atom stereocenters. The zero-order valence-electron chi connectivity index (χ0n) is 10.2. The Morgan fingerprint density at radius 3 is 2.65 bits per heavy atom. The minimum absolute atomic E-state index is 0.0666. The van der Waals surface area contributed by atoms with Crippen molar-refractivity contribution < 1.29 is 4.79 Å². The van der Waals surface area contributed by atoms with Crippen LogP contribution in [0.15, 0.2) is 22.7 Å². The summed E-state index contributed by atoms with van der Waals surface area (Å²) in [5.41, 5.74) is 0.953. The second kappa shape index (κ2) is 5.33. The average Bonchev–Trinajstić information content (AvgIpc) is 2.14. The fraction of sp³-hybridized carbons (Fsp3) is 0.385. The van der Waals surface area contributed by atoms with Gasteiger partial charge in [0.05, 0.1) is 11.3 Å². The molecule has 0 atom stereocenters. The predicted molar refractivity (Wildman–Crippen MR) is 71.6 cm³/mol. The van der Waals surface area contributed by atoms with Crippen LogP contribution in [0.5, 0.6) is 0 Å². The van der Waals surface area contributed by atoms with E-state index in [2.05, 4.69) is 27.3 Å². The van der Waals surface area contributed by atoms with Gasteiger partial charge in [-0.2, -0.15) is 5.26 Å². The zero-order valence-corrected chi connectivity index (χ0v) is 11.8. The molecule has 3 nitrogen and oxygen atoms in total. The maximum absolute atomic E-state index is 11.8. The van der Waals surface area contributed by atoms with Crippen LogP contribution in [-0.2, 0) is 4.79 Å². The summed E-state index contributed by atoms with van der Waals surface area (Å²) in [6.45, 7) is 6.00. The van der Waals surface area contributed by atoms with Gasteiger partial charge in [0.15, 0.2) is 0 Å². The van der Waals surface area contributed by atoms with Gasteiger partial charge in [0.25, 0.3) is 0 Å². The third-order valence-electron chi connectivity index (χ3n) is 2.07. The normalized spacial score (nSPS) is 10.8. The number of carbonyl (C=O) groups excluding carboxylic acids is 1. The van der Waals surface area contributed by atoms with Crippen LogP contribution in [0.3, 0.4) is 0 Å². The summed E-state index contributed by atoms with van der Waals surface area (Å²) in [5.74, 6) is -0.0768. The standard InChI is InChI=1S/C13H15BrN2O/c1-13(2,3)7-12(17)16-11-6-10(14)5-4-9(11)8-15/h4-6H,7H2,1-3H3,(H,16,17). The van der Waals surface area contributed by atoms with Gasteiger partial charge in [0, 0.05) is 10.9 Å². The molecule has 0 aliphatic rings. The molecule has 0 aromatic heterocycles. The average molecular weight is 295 g/mol. The maximum atomic E-state index is 11.8. The van der Waals surface area contributed by atoms with E-state index in [-0.39, 0.29) is 11.3 Å². The van der Waals surface area contributed by atoms with E-state index < -0.39 is 0 Å². The maximum Gasteiger partial charge on any atom is 0.224 e. The number of hydrogen-bond donors (Lipinski definition) is 1. The molecule has 1 rings (SSSR count). The summed E-state index contributed by atoms with van der Waals surface area (Å²) in [6, 6.07) is 7.24. The Hall–Kier alpha value is -1.34. The van der Waals surface area contributed by atoms with E-state index in [9.17, 15) is 4.79 Å². The van der Waals surface area contributed by atoms with Crippen molar-refractivity contribution >= 4 is 27.5 Å². The number of nitriles is 1. The highest BCUT2D eigenvalue weighted by molar-refractivity contribution is 9.10. The van der Waals surface area contributed by atoms with E-state index in [1.807, 2.05) is 20.8 Å². The first kappa shape index (κ1) is 13.7. The molecular formula is C13H15BrN2O. The van der Waals surface area contributed by atoms with Crippen molar-refractivity contribution in [2.45, 2.75) is 27.2 Å². The van der Waals surface area contributed by atoms with E-state index in [4.69, 9.17) is 5.26 Å². The van der Waals surface area contributed by atoms with Gasteiger partial charge in [0.2, 0.25) is 5.91 Å². The number of amides is 1. The predicted octanol–water partition coefficient (Wildman–Crippen LogP) is 3.70. The van der Waals surface area contributed by atoms with Crippen LogP contribution in [-0.4, -0.2) is 5.91 Å². The molecule has 0 aliphatic heterocycles. The number of rotatable bonds is 2. The Kier molecular flexibility index (Phi) is 4.30. The first-order chi connectivity index (χ1) is 7.81. The van der Waals surface area contributed by atoms with Crippen LogP contribution in [0.1, 0.15) is 32.8 Å². The molecule has 0 saturated heterocycles. The van der Waals surface area contributed by atoms with Crippen LogP contribution >= 0.6 is 15.9 Å². The van der Waals surface area contributed by atoms with Gasteiger partial charge < -0.3 is 5.32 Å². The molecule has 0 heterocycles. The molecular weight excluding hydrogens is 280 g/mol. The van der Waals surface area contributed by atoms with E-state index in [1.165, 1.54) is 0 Å². The summed E-state index contributed by atoms with van der Waals surface area (Å²) in [5, 5.41) is 11.7. The molecule has 90 valence electrons. The summed E-state index contributed by atoms with van der Waals surface area (Å²) in [4.78, 5) is 11.8. The highest BCUT2D eigenvalue weighted by Gasteiger charge is 2.16. The largest absolute Gasteiger partial charge is 0.325 e. The van der Waals surface area contributed by atoms with Crippen LogP contribution in [0.25, 0.3) is 0 Å². The molecule has 1 N–H and O–H groups in total. The molecule has 0 aliphatic carbocycles. The van der Waals surface area contributed by atoms with Gasteiger partial charge in [-0.25, -0.2) is 0 Å². The van der Waals surface area contributed by atoms with Gasteiger partial charge in [-0.15, -0.1) is 0 Å². The molecule has 0 spiro atoms. The molecule has 0 radical (unpaired) electrons. The number of nitrogens with zero attached hydrogens (tertiary/aromatic N) is 1. The van der Waals surface area contributed by atoms with Gasteiger partial charge in [-0.3, -0.25) is 4.79 Å². The summed E-state index contributed by atoms with van der Waals surface area (Å²) < 4.78 is 0.836. The van der Waals surface area contributed by atoms with Crippen molar-refractivity contribution in [1.29, 1.82) is 5.26 Å². The number of anilines is 1. The van der Waals surface area contributed by atoms with E-state index in [0.29, 0.717) is 17.7 Å². The number of carbonyl (C=O) groups is 1. The number of hydrogen-bond acceptors (Lipinski definition) is 2. The molecule has 0 bridgehead atoms. The highest BCUT2D eigenvalue weighted by Crippen LogP contribution is 2.23. The quantitative estimate of drug-likeness (QED) is 0.904. The minimum Gasteiger partial charge on any atom is -0.325 e. The topological polar surface area (TPSA) is 52.9 Å². The Morgan fingerprint density at radius 1 is 1.47 bits per heavy atom. The Bertz CT molecular complexity index is 469. The Morgan fingerprint density at radius 2 is 2.12 bits per heavy atom. The van der Waals surface area contributed by atoms with E-state index >= 15 is 0 Å². The van der Waals surface area contributed by atoms with Crippen molar-refractivity contribution in [3.8, 4) is 6.07 Å². The molecule has 4 heteroatoms. The van der Waals surface area contributed by atoms with Crippen molar-refractivity contribution in [2.75, 3.05) is 5.32 Å². The Balaban J connectivity index is 2.85. The van der Waals surface area contributed by atoms with E-state index in [1.54, 1.807) is 18.2 Å². The zero-order chi connectivity index (χ0) is 13.1. The SMILES string of the molecule is CC(C)(C)CC(=O)Nc1cc(Br)ccc1C#N. The fourth-order valence-electron chi connectivity index (χ4n) is 1.39. The van der Waals surface area contributed by atoms with Gasteiger partial charge in [0.1, 0.15) is 6.07 Å². The molecule has 1 aromatic carbocycles. The van der Waals surface area contributed by atoms with Crippen molar-refractivity contribution in [2.24, 2.45) is 5.41 Å². The van der Waals surface area contributed by atoms with Crippen molar-refractivity contribution in [3.63, 3.8) is 0 Å². The first-order valence-electron chi connectivity index (χ1n) is 5.31. The van der Waals surface area contributed by atoms with Crippen molar-refractivity contribution in [3.05, 3.63) is 28.2 Å². The second-order valence-electron chi connectivity index (χ2n) is 5.09. The van der Waals surface area contributed by atoms with Gasteiger partial charge in [-0.05, 0) is 23.6 Å². The lowest BCUT2D eigenvalue weighted by atomic mass is 9.92. The van der Waals surface area contributed by atoms with Gasteiger partial charge >= 0.3 is 0 Å². The lowest BCUT2D eigenvalue weighted by Gasteiger charge is -2.17. The molecule has 17 heavy (non-hydrogen) atoms. The number of nitrogens with one attached hydrogen (secondary N) is 1. The third kappa shape index (κ3) is 4.58. The molecule has 0 saturated carbocycles. The highest BCUT2D eigenvalue weighted by atomic mass is 79.9. The monoisotopic (exact) mass is 294 g/mol. The minimum atomic E-state index is -0.0768. The number of benzene rings is 1. The molecule has 0 fully saturated rings. The molecule has 1 aromatic rings. The third-order valence-corrected chi connectivity index (χ3v) is 2.56. The van der Waals surface area contributed by atoms with Crippen LogP contribution in [0.2, 0.25) is 0 Å². The first-order valence-corrected chi connectivity index (χ1v) is 6.10. The molecule has 1 amide bonds. The van der Waals surface area contributed by atoms with Crippen LogP contribution in [0, 0.1) is 16.7 Å². The number of halogens is 1. The smallest absolute Gasteiger partial charge is 0.224 e. The lowest BCUT2D eigenvalue weighted by Crippen LogP contribution is -2.20. The Labute approximate surface area is 110 Å². The second-order valence-corrected chi connectivity index (χ2v) is 6.00. The van der Waals surface area contributed by atoms with Crippen LogP contribution < -0.4 is 5.32 Å². The fourth-order valence-corrected chi connectivity index (χ4v) is 1.75. The van der Waals surface area contributed by atoms with Crippen molar-refractivity contribution in [1.82, 2.24) is 0 Å². The van der Waals surface area contributed by atoms with Crippen LogP contribution in [0.4, 0.5) is 5.69 Å².